The summed E-state index contributed by atoms with van der Waals surface area (Å²) in [6, 6.07) is 9.16. The van der Waals surface area contributed by atoms with Crippen LogP contribution in [0, 0.1) is 11.6 Å². The molecule has 136 valence electrons. The van der Waals surface area contributed by atoms with Gasteiger partial charge in [0.15, 0.2) is 9.84 Å². The first kappa shape index (κ1) is 18.5. The Morgan fingerprint density at radius 3 is 2.54 bits per heavy atom. The fourth-order valence-electron chi connectivity index (χ4n) is 2.54. The van der Waals surface area contributed by atoms with E-state index >= 15 is 0 Å². The van der Waals surface area contributed by atoms with Gasteiger partial charge in [0.25, 0.3) is 0 Å². The zero-order valence-corrected chi connectivity index (χ0v) is 15.1. The Bertz CT molecular complexity index is 1040. The summed E-state index contributed by atoms with van der Waals surface area (Å²) in [6.45, 7) is 0.365. The normalized spacial score (nSPS) is 11.7. The van der Waals surface area contributed by atoms with Crippen molar-refractivity contribution >= 4 is 38.0 Å². The lowest BCUT2D eigenvalue weighted by atomic mass is 10.2. The van der Waals surface area contributed by atoms with Crippen molar-refractivity contribution in [1.82, 2.24) is 4.98 Å². The van der Waals surface area contributed by atoms with Crippen molar-refractivity contribution < 1.29 is 17.2 Å². The summed E-state index contributed by atoms with van der Waals surface area (Å²) in [5.74, 6) is -1.12. The van der Waals surface area contributed by atoms with E-state index in [0.29, 0.717) is 29.6 Å². The molecule has 26 heavy (non-hydrogen) atoms. The second-order valence-corrected chi connectivity index (χ2v) is 8.21. The van der Waals surface area contributed by atoms with Crippen LogP contribution in [-0.2, 0) is 9.84 Å². The Kier molecular flexibility index (Phi) is 5.38. The summed E-state index contributed by atoms with van der Waals surface area (Å²) in [5, 5.41) is 3.65. The largest absolute Gasteiger partial charge is 0.384 e. The van der Waals surface area contributed by atoms with Crippen LogP contribution >= 0.6 is 11.6 Å². The third-order valence-electron chi connectivity index (χ3n) is 3.86. The molecule has 0 bridgehead atoms. The van der Waals surface area contributed by atoms with Crippen molar-refractivity contribution in [3.63, 3.8) is 0 Å². The predicted octanol–water partition coefficient (Wildman–Crippen LogP) is 4.44. The van der Waals surface area contributed by atoms with Crippen molar-refractivity contribution in [3.8, 4) is 0 Å². The average molecular weight is 397 g/mol. The van der Waals surface area contributed by atoms with Gasteiger partial charge in [0.2, 0.25) is 0 Å². The molecule has 0 radical (unpaired) electrons. The van der Waals surface area contributed by atoms with E-state index in [-0.39, 0.29) is 15.7 Å². The van der Waals surface area contributed by atoms with E-state index in [2.05, 4.69) is 10.3 Å². The van der Waals surface area contributed by atoms with Crippen LogP contribution < -0.4 is 5.32 Å². The highest BCUT2D eigenvalue weighted by Gasteiger charge is 2.14. The van der Waals surface area contributed by atoms with E-state index in [4.69, 9.17) is 11.6 Å². The number of rotatable bonds is 6. The van der Waals surface area contributed by atoms with Crippen LogP contribution in [-0.4, -0.2) is 25.7 Å². The molecule has 0 amide bonds. The molecule has 0 saturated heterocycles. The SMILES string of the molecule is O=S(=O)(CCCNc1ccnc2cc(Cl)c(F)cc12)c1ccc(F)cc1. The Labute approximate surface area is 154 Å². The highest BCUT2D eigenvalue weighted by Crippen LogP contribution is 2.27. The number of hydrogen-bond donors (Lipinski definition) is 1. The number of fused-ring (bicyclic) bond motifs is 1. The molecule has 3 rings (SSSR count). The zero-order chi connectivity index (χ0) is 18.7. The summed E-state index contributed by atoms with van der Waals surface area (Å²) < 4.78 is 51.1. The highest BCUT2D eigenvalue weighted by atomic mass is 35.5. The Hall–Kier alpha value is -2.25. The molecular formula is C18H15ClF2N2O2S. The molecule has 0 aliphatic heterocycles. The van der Waals surface area contributed by atoms with Gasteiger partial charge in [-0.3, -0.25) is 4.98 Å². The minimum Gasteiger partial charge on any atom is -0.384 e. The number of aromatic nitrogens is 1. The van der Waals surface area contributed by atoms with E-state index in [0.717, 1.165) is 12.1 Å². The van der Waals surface area contributed by atoms with Gasteiger partial charge in [-0.25, -0.2) is 17.2 Å². The monoisotopic (exact) mass is 396 g/mol. The van der Waals surface area contributed by atoms with Gasteiger partial charge < -0.3 is 5.32 Å². The maximum absolute atomic E-state index is 13.7. The first-order valence-corrected chi connectivity index (χ1v) is 9.86. The lowest BCUT2D eigenvalue weighted by molar-refractivity contribution is 0.593. The molecule has 0 fully saturated rings. The molecule has 1 N–H and O–H groups in total. The number of hydrogen-bond acceptors (Lipinski definition) is 4. The number of benzene rings is 2. The average Bonchev–Trinajstić information content (AvgIpc) is 2.60. The number of halogens is 3. The molecule has 1 heterocycles. The van der Waals surface area contributed by atoms with Crippen molar-refractivity contribution in [2.45, 2.75) is 11.3 Å². The summed E-state index contributed by atoms with van der Waals surface area (Å²) in [4.78, 5) is 4.23. The van der Waals surface area contributed by atoms with Crippen LogP contribution in [0.25, 0.3) is 10.9 Å². The van der Waals surface area contributed by atoms with Crippen LogP contribution in [0.2, 0.25) is 5.02 Å². The lowest BCUT2D eigenvalue weighted by Crippen LogP contribution is -2.12. The van der Waals surface area contributed by atoms with E-state index < -0.39 is 21.5 Å². The van der Waals surface area contributed by atoms with Crippen LogP contribution in [0.5, 0.6) is 0 Å². The summed E-state index contributed by atoms with van der Waals surface area (Å²) >= 11 is 5.76. The fraction of sp³-hybridized carbons (Fsp3) is 0.167. The summed E-state index contributed by atoms with van der Waals surface area (Å²) in [6.07, 6.45) is 1.90. The third-order valence-corrected chi connectivity index (χ3v) is 5.97. The molecular weight excluding hydrogens is 382 g/mol. The van der Waals surface area contributed by atoms with Crippen molar-refractivity contribution in [1.29, 1.82) is 0 Å². The number of sulfone groups is 1. The second kappa shape index (κ2) is 7.55. The highest BCUT2D eigenvalue weighted by molar-refractivity contribution is 7.91. The number of nitrogens with zero attached hydrogens (tertiary/aromatic N) is 1. The van der Waals surface area contributed by atoms with E-state index in [1.807, 2.05) is 0 Å². The molecule has 3 aromatic rings. The van der Waals surface area contributed by atoms with Crippen molar-refractivity contribution in [2.24, 2.45) is 0 Å². The van der Waals surface area contributed by atoms with Crippen LogP contribution in [0.4, 0.5) is 14.5 Å². The maximum atomic E-state index is 13.7. The molecule has 8 heteroatoms. The van der Waals surface area contributed by atoms with Gasteiger partial charge in [-0.1, -0.05) is 11.6 Å². The quantitative estimate of drug-likeness (QED) is 0.494. The van der Waals surface area contributed by atoms with Gasteiger partial charge in [-0.15, -0.1) is 0 Å². The smallest absolute Gasteiger partial charge is 0.178 e. The predicted molar refractivity (Wildman–Crippen MR) is 98.3 cm³/mol. The Morgan fingerprint density at radius 2 is 1.81 bits per heavy atom. The molecule has 0 unspecified atom stereocenters. The van der Waals surface area contributed by atoms with Gasteiger partial charge in [0.1, 0.15) is 11.6 Å². The first-order valence-electron chi connectivity index (χ1n) is 7.83. The molecule has 0 aliphatic rings. The Balaban J connectivity index is 1.66. The maximum Gasteiger partial charge on any atom is 0.178 e. The molecule has 2 aromatic carbocycles. The van der Waals surface area contributed by atoms with E-state index in [9.17, 15) is 17.2 Å². The van der Waals surface area contributed by atoms with E-state index in [1.165, 1.54) is 24.3 Å². The Morgan fingerprint density at radius 1 is 1.08 bits per heavy atom. The first-order chi connectivity index (χ1) is 12.4. The minimum atomic E-state index is -3.48. The van der Waals surface area contributed by atoms with Gasteiger partial charge in [-0.2, -0.15) is 0 Å². The number of pyridine rings is 1. The minimum absolute atomic E-state index is 0.00691. The van der Waals surface area contributed by atoms with Gasteiger partial charge in [0.05, 0.1) is 21.2 Å². The van der Waals surface area contributed by atoms with Crippen molar-refractivity contribution in [3.05, 3.63) is 65.3 Å². The molecule has 0 saturated carbocycles. The molecule has 0 aliphatic carbocycles. The summed E-state index contributed by atoms with van der Waals surface area (Å²) in [5.41, 5.74) is 1.19. The van der Waals surface area contributed by atoms with Crippen LogP contribution in [0.15, 0.2) is 53.6 Å². The summed E-state index contributed by atoms with van der Waals surface area (Å²) in [7, 11) is -3.48. The molecule has 0 atom stereocenters. The number of anilines is 1. The molecule has 0 spiro atoms. The van der Waals surface area contributed by atoms with Crippen molar-refractivity contribution in [2.75, 3.05) is 17.6 Å². The molecule has 1 aromatic heterocycles. The molecule has 4 nitrogen and oxygen atoms in total. The zero-order valence-electron chi connectivity index (χ0n) is 13.5. The van der Waals surface area contributed by atoms with Gasteiger partial charge in [-0.05, 0) is 48.9 Å². The fourth-order valence-corrected chi connectivity index (χ4v) is 4.01. The second-order valence-electron chi connectivity index (χ2n) is 5.70. The lowest BCUT2D eigenvalue weighted by Gasteiger charge is -2.10. The topological polar surface area (TPSA) is 59.1 Å². The third kappa shape index (κ3) is 4.11. The number of nitrogens with one attached hydrogen (secondary N) is 1. The van der Waals surface area contributed by atoms with Gasteiger partial charge >= 0.3 is 0 Å². The van der Waals surface area contributed by atoms with E-state index in [1.54, 1.807) is 12.3 Å². The van der Waals surface area contributed by atoms with Crippen LogP contribution in [0.3, 0.4) is 0 Å². The standard InChI is InChI=1S/C18H15ClF2N2O2S/c19-15-11-18-14(10-16(15)21)17(6-8-23-18)22-7-1-9-26(24,25)13-4-2-12(20)3-5-13/h2-6,8,10-11H,1,7,9H2,(H,22,23). The van der Waals surface area contributed by atoms with Crippen LogP contribution in [0.1, 0.15) is 6.42 Å². The van der Waals surface area contributed by atoms with Gasteiger partial charge in [0, 0.05) is 23.8 Å².